The summed E-state index contributed by atoms with van der Waals surface area (Å²) in [6.45, 7) is -0.314. The molecule has 36 heavy (non-hydrogen) atoms. The fourth-order valence-electron chi connectivity index (χ4n) is 3.32. The third-order valence-electron chi connectivity index (χ3n) is 5.04. The monoisotopic (exact) mass is 506 g/mol. The first-order valence-corrected chi connectivity index (χ1v) is 11.5. The van der Waals surface area contributed by atoms with E-state index in [4.69, 9.17) is 9.84 Å². The van der Waals surface area contributed by atoms with Gasteiger partial charge in [0.15, 0.2) is 0 Å². The smallest absolute Gasteiger partial charge is 0.335 e. The molecule has 0 saturated carbocycles. The number of aromatic carboxylic acids is 1. The van der Waals surface area contributed by atoms with Gasteiger partial charge in [-0.1, -0.05) is 30.3 Å². The molecule has 2 N–H and O–H groups in total. The molecule has 1 aliphatic heterocycles. The third kappa shape index (κ3) is 6.16. The zero-order chi connectivity index (χ0) is 25.7. The molecule has 3 amide bonds. The van der Waals surface area contributed by atoms with E-state index >= 15 is 0 Å². The fraction of sp³-hybridized carbons (Fsp3) is 0.0769. The molecule has 0 atom stereocenters. The lowest BCUT2D eigenvalue weighted by Gasteiger charge is -2.12. The van der Waals surface area contributed by atoms with E-state index in [1.807, 2.05) is 0 Å². The van der Waals surface area contributed by atoms with Gasteiger partial charge in [0.25, 0.3) is 11.1 Å². The zero-order valence-electron chi connectivity index (χ0n) is 18.6. The summed E-state index contributed by atoms with van der Waals surface area (Å²) in [4.78, 5) is 49.3. The van der Waals surface area contributed by atoms with E-state index in [9.17, 15) is 23.6 Å². The summed E-state index contributed by atoms with van der Waals surface area (Å²) in [6, 6.07) is 18.5. The molecule has 0 aromatic heterocycles. The highest BCUT2D eigenvalue weighted by atomic mass is 32.2. The van der Waals surface area contributed by atoms with Crippen molar-refractivity contribution in [1.82, 2.24) is 4.90 Å². The molecule has 182 valence electrons. The first-order chi connectivity index (χ1) is 17.3. The largest absolute Gasteiger partial charge is 0.489 e. The predicted molar refractivity (Wildman–Crippen MR) is 132 cm³/mol. The minimum absolute atomic E-state index is 0.165. The molecule has 0 radical (unpaired) electrons. The van der Waals surface area contributed by atoms with Crippen LogP contribution in [0.15, 0.2) is 77.7 Å². The Bertz CT molecular complexity index is 1370. The Balaban J connectivity index is 1.35. The lowest BCUT2D eigenvalue weighted by atomic mass is 10.1. The van der Waals surface area contributed by atoms with Gasteiger partial charge in [0, 0.05) is 5.69 Å². The summed E-state index contributed by atoms with van der Waals surface area (Å²) < 4.78 is 19.0. The van der Waals surface area contributed by atoms with Crippen molar-refractivity contribution in [3.05, 3.63) is 100 Å². The summed E-state index contributed by atoms with van der Waals surface area (Å²) >= 11 is 0.722. The van der Waals surface area contributed by atoms with Gasteiger partial charge < -0.3 is 15.2 Å². The van der Waals surface area contributed by atoms with E-state index in [-0.39, 0.29) is 22.8 Å². The normalized spacial score (nSPS) is 14.2. The quantitative estimate of drug-likeness (QED) is 0.423. The summed E-state index contributed by atoms with van der Waals surface area (Å²) in [6.07, 6.45) is 1.54. The van der Waals surface area contributed by atoms with Crippen LogP contribution in [0.5, 0.6) is 5.75 Å². The van der Waals surface area contributed by atoms with Gasteiger partial charge in [-0.2, -0.15) is 0 Å². The Morgan fingerprint density at radius 2 is 1.78 bits per heavy atom. The zero-order valence-corrected chi connectivity index (χ0v) is 19.5. The number of halogens is 1. The number of nitrogens with one attached hydrogen (secondary N) is 1. The van der Waals surface area contributed by atoms with Gasteiger partial charge in [-0.25, -0.2) is 9.18 Å². The number of anilines is 1. The van der Waals surface area contributed by atoms with E-state index in [2.05, 4.69) is 5.32 Å². The molecule has 0 aliphatic carbocycles. The highest BCUT2D eigenvalue weighted by Crippen LogP contribution is 2.32. The number of hydrogen-bond acceptors (Lipinski definition) is 6. The number of carboxylic acid groups (broad SMARTS) is 1. The van der Waals surface area contributed by atoms with Crippen LogP contribution in [0.4, 0.5) is 14.9 Å². The minimum atomic E-state index is -1.02. The second-order valence-electron chi connectivity index (χ2n) is 7.69. The minimum Gasteiger partial charge on any atom is -0.489 e. The number of nitrogens with zero attached hydrogens (tertiary/aromatic N) is 1. The van der Waals surface area contributed by atoms with Crippen LogP contribution in [-0.2, 0) is 16.2 Å². The van der Waals surface area contributed by atoms with Crippen molar-refractivity contribution in [3.8, 4) is 5.75 Å². The summed E-state index contributed by atoms with van der Waals surface area (Å²) in [5, 5.41) is 11.0. The van der Waals surface area contributed by atoms with Gasteiger partial charge >= 0.3 is 5.97 Å². The Labute approximate surface area is 209 Å². The molecule has 0 bridgehead atoms. The lowest BCUT2D eigenvalue weighted by Crippen LogP contribution is -2.36. The molecule has 1 saturated heterocycles. The lowest BCUT2D eigenvalue weighted by molar-refractivity contribution is -0.127. The Kier molecular flexibility index (Phi) is 7.45. The molecule has 0 spiro atoms. The first kappa shape index (κ1) is 24.7. The summed E-state index contributed by atoms with van der Waals surface area (Å²) in [5.74, 6) is -2.23. The molecular formula is C26H19FN2O6S. The van der Waals surface area contributed by atoms with Gasteiger partial charge in [-0.3, -0.25) is 19.3 Å². The number of carboxylic acids is 1. The third-order valence-corrected chi connectivity index (χ3v) is 5.95. The van der Waals surface area contributed by atoms with Crippen LogP contribution < -0.4 is 10.1 Å². The summed E-state index contributed by atoms with van der Waals surface area (Å²) in [5.41, 5.74) is 1.74. The number of carbonyl (C=O) groups is 4. The first-order valence-electron chi connectivity index (χ1n) is 10.6. The van der Waals surface area contributed by atoms with E-state index in [1.165, 1.54) is 36.4 Å². The molecule has 3 aromatic rings. The summed E-state index contributed by atoms with van der Waals surface area (Å²) in [7, 11) is 0. The molecule has 1 heterocycles. The standard InChI is InChI=1S/C26H19FN2O6S/c27-19-5-2-6-20(13-19)28-23(30)14-29-24(31)22(36-26(29)34)12-16-7-9-21(10-8-16)35-15-17-3-1-4-18(11-17)25(32)33/h1-13H,14-15H2,(H,28,30)(H,32,33)/b22-12+. The number of carbonyl (C=O) groups excluding carboxylic acids is 3. The highest BCUT2D eigenvalue weighted by Gasteiger charge is 2.36. The van der Waals surface area contributed by atoms with Crippen molar-refractivity contribution in [2.24, 2.45) is 0 Å². The van der Waals surface area contributed by atoms with E-state index in [0.717, 1.165) is 22.7 Å². The van der Waals surface area contributed by atoms with Crippen LogP contribution in [0.1, 0.15) is 21.5 Å². The molecule has 0 unspecified atom stereocenters. The molecule has 3 aromatic carbocycles. The van der Waals surface area contributed by atoms with Crippen molar-refractivity contribution in [2.45, 2.75) is 6.61 Å². The molecule has 8 nitrogen and oxygen atoms in total. The van der Waals surface area contributed by atoms with Gasteiger partial charge in [0.2, 0.25) is 5.91 Å². The topological polar surface area (TPSA) is 113 Å². The molecule has 1 fully saturated rings. The van der Waals surface area contributed by atoms with Crippen molar-refractivity contribution in [2.75, 3.05) is 11.9 Å². The second-order valence-corrected chi connectivity index (χ2v) is 8.68. The van der Waals surface area contributed by atoms with Crippen LogP contribution in [0.2, 0.25) is 0 Å². The van der Waals surface area contributed by atoms with Crippen LogP contribution in [0.3, 0.4) is 0 Å². The average Bonchev–Trinajstić information content (AvgIpc) is 3.11. The highest BCUT2D eigenvalue weighted by molar-refractivity contribution is 8.18. The number of benzene rings is 3. The molecule has 1 aliphatic rings. The molecular weight excluding hydrogens is 487 g/mol. The van der Waals surface area contributed by atoms with E-state index < -0.39 is 35.4 Å². The average molecular weight is 507 g/mol. The van der Waals surface area contributed by atoms with Crippen molar-refractivity contribution < 1.29 is 33.4 Å². The molecule has 4 rings (SSSR count). The Morgan fingerprint density at radius 3 is 2.50 bits per heavy atom. The van der Waals surface area contributed by atoms with Gasteiger partial charge in [0.1, 0.15) is 24.7 Å². The van der Waals surface area contributed by atoms with Crippen LogP contribution in [0, 0.1) is 5.82 Å². The number of thioether (sulfide) groups is 1. The van der Waals surface area contributed by atoms with Crippen molar-refractivity contribution in [3.63, 3.8) is 0 Å². The van der Waals surface area contributed by atoms with Crippen molar-refractivity contribution >= 4 is 46.5 Å². The van der Waals surface area contributed by atoms with Crippen LogP contribution in [0.25, 0.3) is 6.08 Å². The van der Waals surface area contributed by atoms with Gasteiger partial charge in [-0.15, -0.1) is 0 Å². The maximum Gasteiger partial charge on any atom is 0.335 e. The van der Waals surface area contributed by atoms with E-state index in [0.29, 0.717) is 16.9 Å². The van der Waals surface area contributed by atoms with Crippen LogP contribution in [-0.4, -0.2) is 39.6 Å². The number of amides is 3. The number of ether oxygens (including phenoxy) is 1. The van der Waals surface area contributed by atoms with E-state index in [1.54, 1.807) is 36.4 Å². The number of imide groups is 1. The maximum atomic E-state index is 13.3. The predicted octanol–water partition coefficient (Wildman–Crippen LogP) is 4.78. The van der Waals surface area contributed by atoms with Crippen LogP contribution >= 0.6 is 11.8 Å². The number of rotatable bonds is 8. The van der Waals surface area contributed by atoms with Gasteiger partial charge in [0.05, 0.1) is 10.5 Å². The molecule has 10 heteroatoms. The number of hydrogen-bond donors (Lipinski definition) is 2. The van der Waals surface area contributed by atoms with Gasteiger partial charge in [-0.05, 0) is 71.4 Å². The SMILES string of the molecule is O=C(CN1C(=O)S/C(=C/c2ccc(OCc3cccc(C(=O)O)c3)cc2)C1=O)Nc1cccc(F)c1. The van der Waals surface area contributed by atoms with Crippen molar-refractivity contribution in [1.29, 1.82) is 0 Å². The Hall–Kier alpha value is -4.44. The second kappa shape index (κ2) is 10.9. The fourth-order valence-corrected chi connectivity index (χ4v) is 4.16. The maximum absolute atomic E-state index is 13.3. The Morgan fingerprint density at radius 1 is 1.03 bits per heavy atom.